The zero-order valence-electron chi connectivity index (χ0n) is 20.5. The van der Waals surface area contributed by atoms with E-state index in [1.807, 2.05) is 29.2 Å². The molecule has 0 spiro atoms. The van der Waals surface area contributed by atoms with E-state index in [1.54, 1.807) is 18.9 Å². The molecule has 6 nitrogen and oxygen atoms in total. The van der Waals surface area contributed by atoms with E-state index in [9.17, 15) is 4.79 Å². The fraction of sp³-hybridized carbons (Fsp3) is 0.321. The Morgan fingerprint density at radius 1 is 1.03 bits per heavy atom. The van der Waals surface area contributed by atoms with Crippen LogP contribution in [0.15, 0.2) is 71.6 Å². The van der Waals surface area contributed by atoms with Crippen molar-refractivity contribution in [3.05, 3.63) is 77.3 Å². The van der Waals surface area contributed by atoms with Gasteiger partial charge in [-0.15, -0.1) is 0 Å². The van der Waals surface area contributed by atoms with Gasteiger partial charge in [-0.1, -0.05) is 54.1 Å². The maximum absolute atomic E-state index is 11.5. The van der Waals surface area contributed by atoms with Crippen molar-refractivity contribution in [2.24, 2.45) is 0 Å². The average Bonchev–Trinajstić information content (AvgIpc) is 3.30. The molecule has 0 aliphatic carbocycles. The Balaban J connectivity index is 1.16. The number of hydrogen-bond donors (Lipinski definition) is 1. The van der Waals surface area contributed by atoms with Gasteiger partial charge in [-0.3, -0.25) is 9.69 Å². The lowest BCUT2D eigenvalue weighted by Crippen LogP contribution is -2.48. The summed E-state index contributed by atoms with van der Waals surface area (Å²) in [5.74, 6) is 0.869. The fourth-order valence-electron chi connectivity index (χ4n) is 4.59. The van der Waals surface area contributed by atoms with Crippen LogP contribution in [0.2, 0.25) is 5.02 Å². The predicted octanol–water partition coefficient (Wildman–Crippen LogP) is 5.79. The summed E-state index contributed by atoms with van der Waals surface area (Å²) in [6, 6.07) is 22.7. The van der Waals surface area contributed by atoms with Crippen molar-refractivity contribution in [1.29, 1.82) is 0 Å². The van der Waals surface area contributed by atoms with Gasteiger partial charge in [-0.25, -0.2) is 0 Å². The first-order valence-corrected chi connectivity index (χ1v) is 13.5. The van der Waals surface area contributed by atoms with Gasteiger partial charge in [0.2, 0.25) is 5.91 Å². The van der Waals surface area contributed by atoms with Crippen molar-refractivity contribution in [2.45, 2.75) is 24.8 Å². The molecule has 8 heteroatoms. The number of benzene rings is 3. The van der Waals surface area contributed by atoms with Gasteiger partial charge in [-0.2, -0.15) is 4.41 Å². The third kappa shape index (κ3) is 5.98. The number of halogens is 1. The van der Waals surface area contributed by atoms with E-state index in [0.29, 0.717) is 17.4 Å². The number of hydrogen-bond acceptors (Lipinski definition) is 6. The number of carbonyl (C=O) groups is 1. The molecule has 1 N–H and O–H groups in total. The predicted molar refractivity (Wildman–Crippen MR) is 147 cm³/mol. The van der Waals surface area contributed by atoms with Crippen LogP contribution < -0.4 is 10.2 Å². The van der Waals surface area contributed by atoms with E-state index in [0.717, 1.165) is 62.5 Å². The lowest BCUT2D eigenvalue weighted by molar-refractivity contribution is -0.130. The van der Waals surface area contributed by atoms with Crippen molar-refractivity contribution in [1.82, 2.24) is 14.2 Å². The number of nitrogens with zero attached hydrogens (tertiary/aromatic N) is 3. The number of ether oxygens (including phenoxy) is 1. The van der Waals surface area contributed by atoms with E-state index < -0.39 is 0 Å². The number of piperazine rings is 1. The zero-order chi connectivity index (χ0) is 24.9. The summed E-state index contributed by atoms with van der Waals surface area (Å²) in [6.07, 6.45) is 0.913. The maximum atomic E-state index is 11.5. The molecule has 0 bridgehead atoms. The average molecular weight is 523 g/mol. The molecule has 2 heterocycles. The monoisotopic (exact) mass is 522 g/mol. The third-order valence-electron chi connectivity index (χ3n) is 6.58. The molecular formula is C28H31ClN4O2S. The second-order valence-corrected chi connectivity index (χ2v) is 10.5. The summed E-state index contributed by atoms with van der Waals surface area (Å²) in [7, 11) is 0. The molecule has 1 fully saturated rings. The molecule has 188 valence electrons. The molecule has 2 aliphatic heterocycles. The van der Waals surface area contributed by atoms with Gasteiger partial charge < -0.3 is 15.1 Å². The van der Waals surface area contributed by atoms with Crippen LogP contribution in [0.1, 0.15) is 18.9 Å². The molecule has 0 atom stereocenters. The van der Waals surface area contributed by atoms with Crippen LogP contribution in [0.25, 0.3) is 11.1 Å². The number of amides is 1. The van der Waals surface area contributed by atoms with Crippen LogP contribution in [-0.4, -0.2) is 59.5 Å². The summed E-state index contributed by atoms with van der Waals surface area (Å²) in [6.45, 7) is 7.49. The third-order valence-corrected chi connectivity index (χ3v) is 8.01. The first-order valence-electron chi connectivity index (χ1n) is 12.4. The molecule has 1 saturated heterocycles. The van der Waals surface area contributed by atoms with Gasteiger partial charge >= 0.3 is 0 Å². The Morgan fingerprint density at radius 2 is 1.83 bits per heavy atom. The first kappa shape index (κ1) is 25.0. The zero-order valence-corrected chi connectivity index (χ0v) is 22.0. The van der Waals surface area contributed by atoms with E-state index in [1.165, 1.54) is 10.5 Å². The van der Waals surface area contributed by atoms with Gasteiger partial charge in [0.25, 0.3) is 0 Å². The summed E-state index contributed by atoms with van der Waals surface area (Å²) < 4.78 is 8.22. The Hall–Kier alpha value is -2.71. The highest BCUT2D eigenvalue weighted by Gasteiger charge is 2.20. The standard InChI is InChI=1S/C28H31ClN4O2S/c1-21(34)32-16-14-31(15-17-32)13-6-18-35-26-11-5-10-25(28(26)29)22-8-4-9-24(19-22)30-33-20-23-7-2-3-12-27(23)36-33/h2-5,7-12,19,30H,6,13-18,20H2,1H3. The number of hydrazine groups is 1. The topological polar surface area (TPSA) is 48.1 Å². The molecule has 1 amide bonds. The first-order chi connectivity index (χ1) is 17.6. The van der Waals surface area contributed by atoms with Crippen molar-refractivity contribution < 1.29 is 9.53 Å². The highest BCUT2D eigenvalue weighted by Crippen LogP contribution is 2.38. The SMILES string of the molecule is CC(=O)N1CCN(CCCOc2cccc(-c3cccc(NN4Cc5ccccc5S4)c3)c2Cl)CC1. The maximum Gasteiger partial charge on any atom is 0.219 e. The van der Waals surface area contributed by atoms with Crippen LogP contribution >= 0.6 is 23.5 Å². The smallest absolute Gasteiger partial charge is 0.219 e. The minimum atomic E-state index is 0.161. The molecule has 0 saturated carbocycles. The Morgan fingerprint density at radius 3 is 2.64 bits per heavy atom. The van der Waals surface area contributed by atoms with Gasteiger partial charge in [0.05, 0.1) is 23.9 Å². The largest absolute Gasteiger partial charge is 0.492 e. The highest BCUT2D eigenvalue weighted by molar-refractivity contribution is 7.97. The van der Waals surface area contributed by atoms with Crippen LogP contribution in [0.5, 0.6) is 5.75 Å². The molecule has 0 unspecified atom stereocenters. The quantitative estimate of drug-likeness (QED) is 0.298. The number of fused-ring (bicyclic) bond motifs is 1. The minimum Gasteiger partial charge on any atom is -0.492 e. The molecule has 3 aromatic rings. The van der Waals surface area contributed by atoms with Crippen LogP contribution in [0.3, 0.4) is 0 Å². The van der Waals surface area contributed by atoms with Gasteiger partial charge in [0.1, 0.15) is 5.75 Å². The van der Waals surface area contributed by atoms with Crippen molar-refractivity contribution in [3.63, 3.8) is 0 Å². The van der Waals surface area contributed by atoms with Gasteiger partial charge in [-0.05, 0) is 53.8 Å². The lowest BCUT2D eigenvalue weighted by atomic mass is 10.0. The second kappa shape index (κ2) is 11.6. The van der Waals surface area contributed by atoms with Crippen molar-refractivity contribution in [3.8, 4) is 16.9 Å². The number of anilines is 1. The Kier molecular flexibility index (Phi) is 8.02. The summed E-state index contributed by atoms with van der Waals surface area (Å²) in [5.41, 5.74) is 7.85. The van der Waals surface area contributed by atoms with E-state index >= 15 is 0 Å². The van der Waals surface area contributed by atoms with Gasteiger partial charge in [0.15, 0.2) is 0 Å². The van der Waals surface area contributed by atoms with E-state index in [2.05, 4.69) is 57.2 Å². The summed E-state index contributed by atoms with van der Waals surface area (Å²) >= 11 is 8.51. The summed E-state index contributed by atoms with van der Waals surface area (Å²) in [4.78, 5) is 17.1. The second-order valence-electron chi connectivity index (χ2n) is 9.10. The molecule has 2 aliphatic rings. The summed E-state index contributed by atoms with van der Waals surface area (Å²) in [5, 5.41) is 0.632. The number of rotatable bonds is 8. The van der Waals surface area contributed by atoms with Crippen LogP contribution in [-0.2, 0) is 11.3 Å². The number of carbonyl (C=O) groups excluding carboxylic acids is 1. The molecule has 0 radical (unpaired) electrons. The molecule has 0 aromatic heterocycles. The minimum absolute atomic E-state index is 0.161. The van der Waals surface area contributed by atoms with Crippen molar-refractivity contribution in [2.75, 3.05) is 44.8 Å². The van der Waals surface area contributed by atoms with E-state index in [4.69, 9.17) is 16.3 Å². The molecular weight excluding hydrogens is 492 g/mol. The molecule has 3 aromatic carbocycles. The number of nitrogens with one attached hydrogen (secondary N) is 1. The normalized spacial score (nSPS) is 16.1. The molecule has 5 rings (SSSR count). The van der Waals surface area contributed by atoms with Crippen LogP contribution in [0.4, 0.5) is 5.69 Å². The lowest BCUT2D eigenvalue weighted by Gasteiger charge is -2.34. The van der Waals surface area contributed by atoms with Crippen LogP contribution in [0, 0.1) is 0 Å². The highest BCUT2D eigenvalue weighted by atomic mass is 35.5. The van der Waals surface area contributed by atoms with Gasteiger partial charge in [0, 0.05) is 50.1 Å². The fourth-order valence-corrected chi connectivity index (χ4v) is 5.86. The Labute approximate surface area is 222 Å². The Bertz CT molecular complexity index is 1190. The van der Waals surface area contributed by atoms with Crippen molar-refractivity contribution >= 4 is 35.1 Å². The molecule has 36 heavy (non-hydrogen) atoms. The van der Waals surface area contributed by atoms with E-state index in [-0.39, 0.29) is 5.91 Å².